The van der Waals surface area contributed by atoms with Gasteiger partial charge < -0.3 is 14.6 Å². The van der Waals surface area contributed by atoms with Crippen molar-refractivity contribution < 1.29 is 24.2 Å². The smallest absolute Gasteiger partial charge is 0.302 e. The maximum Gasteiger partial charge on any atom is 0.302 e. The second-order valence-corrected chi connectivity index (χ2v) is 11.3. The van der Waals surface area contributed by atoms with Crippen molar-refractivity contribution in [2.24, 2.45) is 34.0 Å². The van der Waals surface area contributed by atoms with E-state index in [0.717, 1.165) is 44.9 Å². The maximum atomic E-state index is 11.5. The lowest BCUT2D eigenvalue weighted by atomic mass is 9.41. The molecule has 5 heteroatoms. The molecule has 2 bridgehead atoms. The molecule has 7 atom stereocenters. The van der Waals surface area contributed by atoms with Gasteiger partial charge in [0.25, 0.3) is 0 Å². The van der Waals surface area contributed by atoms with E-state index < -0.39 is 5.60 Å². The van der Waals surface area contributed by atoms with Crippen LogP contribution in [-0.4, -0.2) is 35.9 Å². The van der Waals surface area contributed by atoms with Crippen LogP contribution in [0.1, 0.15) is 85.5 Å². The van der Waals surface area contributed by atoms with Crippen molar-refractivity contribution in [3.8, 4) is 0 Å². The van der Waals surface area contributed by atoms with E-state index in [1.807, 2.05) is 0 Å². The number of fused-ring (bicyclic) bond motifs is 3. The fraction of sp³-hybridized carbons (Fsp3) is 0.917. The first-order valence-electron chi connectivity index (χ1n) is 11.5. The summed E-state index contributed by atoms with van der Waals surface area (Å²) < 4.78 is 10.8. The van der Waals surface area contributed by atoms with E-state index in [0.29, 0.717) is 18.4 Å². The molecule has 0 radical (unpaired) electrons. The normalized spacial score (nSPS) is 48.4. The Morgan fingerprint density at radius 1 is 0.931 bits per heavy atom. The van der Waals surface area contributed by atoms with Crippen LogP contribution in [0.15, 0.2) is 0 Å². The lowest BCUT2D eigenvalue weighted by Gasteiger charge is -2.64. The van der Waals surface area contributed by atoms with Crippen LogP contribution in [0.3, 0.4) is 0 Å². The summed E-state index contributed by atoms with van der Waals surface area (Å²) in [6.45, 7) is 8.41. The van der Waals surface area contributed by atoms with Crippen molar-refractivity contribution in [3.05, 3.63) is 0 Å². The highest BCUT2D eigenvalue weighted by atomic mass is 16.5. The number of carbonyl (C=O) groups is 2. The van der Waals surface area contributed by atoms with Gasteiger partial charge in [-0.15, -0.1) is 0 Å². The molecule has 0 heterocycles. The molecule has 0 saturated heterocycles. The molecule has 0 aromatic heterocycles. The summed E-state index contributed by atoms with van der Waals surface area (Å²) >= 11 is 0. The molecule has 1 spiro atoms. The average Bonchev–Trinajstić information content (AvgIpc) is 2.84. The van der Waals surface area contributed by atoms with Gasteiger partial charge in [-0.2, -0.15) is 0 Å². The van der Waals surface area contributed by atoms with Crippen molar-refractivity contribution in [1.82, 2.24) is 0 Å². The molecule has 0 aromatic rings. The molecular formula is C24H38O5. The van der Waals surface area contributed by atoms with Gasteiger partial charge in [0.15, 0.2) is 0 Å². The molecule has 4 rings (SSSR count). The van der Waals surface area contributed by atoms with Crippen molar-refractivity contribution in [2.45, 2.75) is 91.1 Å². The van der Waals surface area contributed by atoms with E-state index in [1.165, 1.54) is 26.7 Å². The Balaban J connectivity index is 1.59. The number of hydrogen-bond donors (Lipinski definition) is 1. The predicted octanol–water partition coefficient (Wildman–Crippen LogP) is 4.26. The molecule has 4 saturated carbocycles. The second kappa shape index (κ2) is 6.96. The Kier molecular flexibility index (Phi) is 5.08. The molecule has 5 nitrogen and oxygen atoms in total. The summed E-state index contributed by atoms with van der Waals surface area (Å²) in [5.41, 5.74) is -0.422. The molecule has 1 N–H and O–H groups in total. The Morgan fingerprint density at radius 3 is 2.31 bits per heavy atom. The number of rotatable bonds is 4. The predicted molar refractivity (Wildman–Crippen MR) is 109 cm³/mol. The standard InChI is InChI=1S/C24H38O5/c1-16(25)28-14-21(3)9-5-10-22(4)19(21)8-11-23-12-18(6-7-20(22)23)24(27,13-23)15-29-17(2)26/h18-20,27H,5-15H2,1-4H3/t18-,19-,20+,21+,22-,23+,24-/m1/s1. The van der Waals surface area contributed by atoms with Crippen LogP contribution in [0, 0.1) is 34.0 Å². The van der Waals surface area contributed by atoms with Crippen LogP contribution < -0.4 is 0 Å². The van der Waals surface area contributed by atoms with Crippen molar-refractivity contribution in [3.63, 3.8) is 0 Å². The Labute approximate surface area is 174 Å². The molecular weight excluding hydrogens is 368 g/mol. The van der Waals surface area contributed by atoms with Gasteiger partial charge in [-0.3, -0.25) is 9.59 Å². The Morgan fingerprint density at radius 2 is 1.62 bits per heavy atom. The molecule has 4 fully saturated rings. The molecule has 0 amide bonds. The quantitative estimate of drug-likeness (QED) is 0.707. The van der Waals surface area contributed by atoms with E-state index >= 15 is 0 Å². The van der Waals surface area contributed by atoms with E-state index in [9.17, 15) is 14.7 Å². The fourth-order valence-electron chi connectivity index (χ4n) is 8.59. The molecule has 0 aromatic carbocycles. The third-order valence-electron chi connectivity index (χ3n) is 9.57. The van der Waals surface area contributed by atoms with Crippen LogP contribution in [0.25, 0.3) is 0 Å². The molecule has 0 unspecified atom stereocenters. The van der Waals surface area contributed by atoms with Gasteiger partial charge in [0.1, 0.15) is 12.2 Å². The summed E-state index contributed by atoms with van der Waals surface area (Å²) in [4.78, 5) is 22.9. The van der Waals surface area contributed by atoms with Crippen molar-refractivity contribution >= 4 is 11.9 Å². The zero-order chi connectivity index (χ0) is 21.1. The van der Waals surface area contributed by atoms with Crippen LogP contribution in [0.2, 0.25) is 0 Å². The third kappa shape index (κ3) is 3.32. The molecule has 164 valence electrons. The lowest BCUT2D eigenvalue weighted by molar-refractivity contribution is -0.173. The minimum absolute atomic E-state index is 0.0454. The molecule has 4 aliphatic rings. The first-order chi connectivity index (χ1) is 13.5. The largest absolute Gasteiger partial charge is 0.465 e. The highest BCUT2D eigenvalue weighted by Gasteiger charge is 2.67. The van der Waals surface area contributed by atoms with Gasteiger partial charge in [-0.05, 0) is 80.0 Å². The maximum absolute atomic E-state index is 11.5. The molecule has 4 aliphatic carbocycles. The summed E-state index contributed by atoms with van der Waals surface area (Å²) in [6, 6.07) is 0. The van der Waals surface area contributed by atoms with Gasteiger partial charge in [0.05, 0.1) is 6.61 Å². The highest BCUT2D eigenvalue weighted by molar-refractivity contribution is 5.66. The number of ether oxygens (including phenoxy) is 2. The molecule has 0 aliphatic heterocycles. The third-order valence-corrected chi connectivity index (χ3v) is 9.57. The van der Waals surface area contributed by atoms with E-state index in [-0.39, 0.29) is 40.7 Å². The number of aliphatic hydroxyl groups is 1. The van der Waals surface area contributed by atoms with Gasteiger partial charge in [0.2, 0.25) is 0 Å². The summed E-state index contributed by atoms with van der Waals surface area (Å²) in [5.74, 6) is 0.899. The highest BCUT2D eigenvalue weighted by Crippen LogP contribution is 2.72. The van der Waals surface area contributed by atoms with Crippen LogP contribution in [0.4, 0.5) is 0 Å². The van der Waals surface area contributed by atoms with Gasteiger partial charge in [-0.25, -0.2) is 0 Å². The zero-order valence-electron chi connectivity index (χ0n) is 18.6. The van der Waals surface area contributed by atoms with Gasteiger partial charge in [-0.1, -0.05) is 20.3 Å². The van der Waals surface area contributed by atoms with E-state index in [2.05, 4.69) is 13.8 Å². The Bertz CT molecular complexity index is 691. The van der Waals surface area contributed by atoms with Crippen molar-refractivity contribution in [1.29, 1.82) is 0 Å². The fourth-order valence-corrected chi connectivity index (χ4v) is 8.59. The van der Waals surface area contributed by atoms with Crippen LogP contribution >= 0.6 is 0 Å². The van der Waals surface area contributed by atoms with Gasteiger partial charge in [0, 0.05) is 19.3 Å². The summed E-state index contributed by atoms with van der Waals surface area (Å²) in [7, 11) is 0. The number of hydrogen-bond acceptors (Lipinski definition) is 5. The SMILES string of the molecule is CC(=O)OC[C@]1(C)CCC[C@]2(C)[C@@H]1CC[C@@]13C[C@@H](CC[C@H]12)[C@](O)(COC(C)=O)C3. The average molecular weight is 407 g/mol. The van der Waals surface area contributed by atoms with Crippen LogP contribution in [-0.2, 0) is 19.1 Å². The summed E-state index contributed by atoms with van der Waals surface area (Å²) in [6.07, 6.45) is 9.82. The first kappa shape index (κ1) is 21.1. The second-order valence-electron chi connectivity index (χ2n) is 11.3. The minimum atomic E-state index is -0.862. The van der Waals surface area contributed by atoms with Crippen molar-refractivity contribution in [2.75, 3.05) is 13.2 Å². The van der Waals surface area contributed by atoms with E-state index in [1.54, 1.807) is 0 Å². The lowest BCUT2D eigenvalue weighted by Crippen LogP contribution is -2.57. The zero-order valence-corrected chi connectivity index (χ0v) is 18.6. The molecule has 29 heavy (non-hydrogen) atoms. The Hall–Kier alpha value is -1.10. The number of esters is 2. The monoisotopic (exact) mass is 406 g/mol. The number of carbonyl (C=O) groups excluding carboxylic acids is 2. The first-order valence-corrected chi connectivity index (χ1v) is 11.5. The minimum Gasteiger partial charge on any atom is -0.465 e. The van der Waals surface area contributed by atoms with E-state index in [4.69, 9.17) is 9.47 Å². The topological polar surface area (TPSA) is 72.8 Å². The van der Waals surface area contributed by atoms with Crippen LogP contribution in [0.5, 0.6) is 0 Å². The van der Waals surface area contributed by atoms with Gasteiger partial charge >= 0.3 is 11.9 Å². The summed E-state index contributed by atoms with van der Waals surface area (Å²) in [5, 5.41) is 11.4.